The number of rotatable bonds is 6. The Morgan fingerprint density at radius 2 is 1.94 bits per heavy atom. The minimum Gasteiger partial charge on any atom is -0.481 e. The zero-order valence-electron chi connectivity index (χ0n) is 11.1. The third kappa shape index (κ3) is 4.00. The van der Waals surface area contributed by atoms with Crippen molar-refractivity contribution in [3.05, 3.63) is 34.9 Å². The molecule has 2 unspecified atom stereocenters. The Kier molecular flexibility index (Phi) is 5.63. The molecule has 2 atom stereocenters. The molecular weight excluding hydrogens is 250 g/mol. The van der Waals surface area contributed by atoms with Gasteiger partial charge >= 0.3 is 5.97 Å². The topological polar surface area (TPSA) is 40.5 Å². The first-order chi connectivity index (χ1) is 8.45. The summed E-state index contributed by atoms with van der Waals surface area (Å²) >= 11 is 5.87. The number of benzene rings is 1. The van der Waals surface area contributed by atoms with Crippen molar-refractivity contribution in [3.8, 4) is 0 Å². The molecule has 0 fully saturated rings. The van der Waals surface area contributed by atoms with E-state index in [1.807, 2.05) is 31.3 Å². The molecule has 18 heavy (non-hydrogen) atoms. The van der Waals surface area contributed by atoms with Gasteiger partial charge in [-0.15, -0.1) is 0 Å². The highest BCUT2D eigenvalue weighted by Crippen LogP contribution is 2.25. The first kappa shape index (κ1) is 15.0. The van der Waals surface area contributed by atoms with Crippen LogP contribution < -0.4 is 0 Å². The number of hydrogen-bond acceptors (Lipinski definition) is 2. The predicted molar refractivity (Wildman–Crippen MR) is 73.9 cm³/mol. The molecule has 1 aromatic rings. The highest BCUT2D eigenvalue weighted by atomic mass is 35.5. The number of aliphatic carboxylic acids is 1. The van der Waals surface area contributed by atoms with Gasteiger partial charge in [0.25, 0.3) is 0 Å². The van der Waals surface area contributed by atoms with Gasteiger partial charge in [0.1, 0.15) is 0 Å². The second kappa shape index (κ2) is 6.76. The van der Waals surface area contributed by atoms with E-state index >= 15 is 0 Å². The maximum Gasteiger partial charge on any atom is 0.307 e. The molecule has 0 bridgehead atoms. The molecule has 3 nitrogen and oxygen atoms in total. The van der Waals surface area contributed by atoms with Gasteiger partial charge in [-0.2, -0.15) is 0 Å². The molecule has 0 heterocycles. The lowest BCUT2D eigenvalue weighted by Crippen LogP contribution is -2.31. The molecule has 0 saturated carbocycles. The Morgan fingerprint density at radius 1 is 1.39 bits per heavy atom. The van der Waals surface area contributed by atoms with Crippen LogP contribution in [0.3, 0.4) is 0 Å². The van der Waals surface area contributed by atoms with Crippen LogP contribution in [0.4, 0.5) is 0 Å². The summed E-state index contributed by atoms with van der Waals surface area (Å²) in [4.78, 5) is 13.0. The van der Waals surface area contributed by atoms with Crippen LogP contribution >= 0.6 is 11.6 Å². The lowest BCUT2D eigenvalue weighted by molar-refractivity contribution is -0.141. The summed E-state index contributed by atoms with van der Waals surface area (Å²) in [6, 6.07) is 7.96. The number of halogens is 1. The summed E-state index contributed by atoms with van der Waals surface area (Å²) in [5.41, 5.74) is 1.17. The van der Waals surface area contributed by atoms with Crippen LogP contribution in [0.25, 0.3) is 0 Å². The summed E-state index contributed by atoms with van der Waals surface area (Å²) in [5.74, 6) is -1.12. The van der Waals surface area contributed by atoms with Crippen LogP contribution in [0.2, 0.25) is 5.02 Å². The van der Waals surface area contributed by atoms with Crippen molar-refractivity contribution >= 4 is 17.6 Å². The van der Waals surface area contributed by atoms with E-state index in [9.17, 15) is 4.79 Å². The largest absolute Gasteiger partial charge is 0.481 e. The second-order valence-electron chi connectivity index (χ2n) is 4.65. The number of carboxylic acids is 1. The van der Waals surface area contributed by atoms with Gasteiger partial charge in [-0.3, -0.25) is 9.69 Å². The van der Waals surface area contributed by atoms with E-state index in [4.69, 9.17) is 16.7 Å². The first-order valence-corrected chi connectivity index (χ1v) is 6.52. The Labute approximate surface area is 113 Å². The van der Waals surface area contributed by atoms with Gasteiger partial charge in [-0.1, -0.05) is 37.6 Å². The lowest BCUT2D eigenvalue weighted by Gasteiger charge is -2.29. The fourth-order valence-corrected chi connectivity index (χ4v) is 2.25. The van der Waals surface area contributed by atoms with Crippen molar-refractivity contribution in [3.63, 3.8) is 0 Å². The van der Waals surface area contributed by atoms with Gasteiger partial charge in [-0.05, 0) is 31.2 Å². The van der Waals surface area contributed by atoms with E-state index in [1.165, 1.54) is 5.56 Å². The van der Waals surface area contributed by atoms with Gasteiger partial charge in [0.15, 0.2) is 0 Å². The maximum absolute atomic E-state index is 10.9. The Hall–Kier alpha value is -1.06. The van der Waals surface area contributed by atoms with E-state index < -0.39 is 5.97 Å². The smallest absolute Gasteiger partial charge is 0.307 e. The number of carboxylic acid groups (broad SMARTS) is 1. The van der Waals surface area contributed by atoms with Crippen molar-refractivity contribution in [2.24, 2.45) is 5.92 Å². The Balaban J connectivity index is 2.76. The van der Waals surface area contributed by atoms with Crippen LogP contribution in [0.1, 0.15) is 31.9 Å². The molecular formula is C14H20ClNO2. The average Bonchev–Trinajstić information content (AvgIpc) is 2.32. The van der Waals surface area contributed by atoms with Crippen molar-refractivity contribution in [2.45, 2.75) is 26.3 Å². The van der Waals surface area contributed by atoms with E-state index in [-0.39, 0.29) is 12.0 Å². The zero-order chi connectivity index (χ0) is 13.7. The number of carbonyl (C=O) groups is 1. The van der Waals surface area contributed by atoms with Crippen molar-refractivity contribution in [1.82, 2.24) is 4.90 Å². The van der Waals surface area contributed by atoms with E-state index in [0.717, 1.165) is 11.4 Å². The van der Waals surface area contributed by atoms with Gasteiger partial charge in [0.05, 0.1) is 5.92 Å². The highest BCUT2D eigenvalue weighted by molar-refractivity contribution is 6.30. The molecule has 0 saturated heterocycles. The Bertz CT molecular complexity index is 391. The molecule has 0 aliphatic rings. The van der Waals surface area contributed by atoms with Crippen LogP contribution in [0.15, 0.2) is 24.3 Å². The number of hydrogen-bond donors (Lipinski definition) is 1. The summed E-state index contributed by atoms with van der Waals surface area (Å²) in [6.45, 7) is 4.37. The van der Waals surface area contributed by atoms with Crippen LogP contribution in [0.5, 0.6) is 0 Å². The molecule has 0 amide bonds. The fourth-order valence-electron chi connectivity index (χ4n) is 2.12. The monoisotopic (exact) mass is 269 g/mol. The summed E-state index contributed by atoms with van der Waals surface area (Å²) in [6.07, 6.45) is 0.935. The quantitative estimate of drug-likeness (QED) is 0.860. The molecule has 100 valence electrons. The van der Waals surface area contributed by atoms with Crippen molar-refractivity contribution in [2.75, 3.05) is 13.6 Å². The fraction of sp³-hybridized carbons (Fsp3) is 0.500. The Morgan fingerprint density at radius 3 is 2.39 bits per heavy atom. The molecule has 0 spiro atoms. The predicted octanol–water partition coefficient (Wildman–Crippen LogP) is 3.44. The first-order valence-electron chi connectivity index (χ1n) is 6.14. The van der Waals surface area contributed by atoms with Crippen molar-refractivity contribution < 1.29 is 9.90 Å². The molecule has 1 N–H and O–H groups in total. The maximum atomic E-state index is 10.9. The molecule has 0 aliphatic carbocycles. The molecule has 1 rings (SSSR count). The van der Waals surface area contributed by atoms with Crippen LogP contribution in [-0.4, -0.2) is 29.6 Å². The third-order valence-electron chi connectivity index (χ3n) is 3.16. The van der Waals surface area contributed by atoms with Crippen LogP contribution in [-0.2, 0) is 4.79 Å². The number of nitrogens with zero attached hydrogens (tertiary/aromatic N) is 1. The highest BCUT2D eigenvalue weighted by Gasteiger charge is 2.20. The van der Waals surface area contributed by atoms with E-state index in [0.29, 0.717) is 6.54 Å². The molecule has 0 aromatic heterocycles. The standard InChI is InChI=1S/C14H20ClNO2/c1-4-13(11-5-7-12(15)8-6-11)16(3)9-10(2)14(17)18/h5-8,10,13H,4,9H2,1-3H3,(H,17,18). The molecule has 0 radical (unpaired) electrons. The summed E-state index contributed by atoms with van der Waals surface area (Å²) in [7, 11) is 1.96. The van der Waals surface area contributed by atoms with E-state index in [2.05, 4.69) is 11.8 Å². The van der Waals surface area contributed by atoms with Crippen LogP contribution in [0, 0.1) is 5.92 Å². The van der Waals surface area contributed by atoms with Gasteiger partial charge in [0.2, 0.25) is 0 Å². The molecule has 1 aromatic carbocycles. The average molecular weight is 270 g/mol. The summed E-state index contributed by atoms with van der Waals surface area (Å²) < 4.78 is 0. The normalized spacial score (nSPS) is 14.5. The van der Waals surface area contributed by atoms with Gasteiger partial charge in [-0.25, -0.2) is 0 Å². The third-order valence-corrected chi connectivity index (χ3v) is 3.41. The minimum atomic E-state index is -0.757. The minimum absolute atomic E-state index is 0.226. The van der Waals surface area contributed by atoms with Gasteiger partial charge in [0, 0.05) is 17.6 Å². The van der Waals surface area contributed by atoms with Crippen molar-refractivity contribution in [1.29, 1.82) is 0 Å². The lowest BCUT2D eigenvalue weighted by atomic mass is 10.0. The SMILES string of the molecule is CCC(c1ccc(Cl)cc1)N(C)CC(C)C(=O)O. The molecule has 4 heteroatoms. The van der Waals surface area contributed by atoms with Gasteiger partial charge < -0.3 is 5.11 Å². The zero-order valence-corrected chi connectivity index (χ0v) is 11.8. The summed E-state index contributed by atoms with van der Waals surface area (Å²) in [5, 5.41) is 9.67. The molecule has 0 aliphatic heterocycles. The van der Waals surface area contributed by atoms with E-state index in [1.54, 1.807) is 6.92 Å². The second-order valence-corrected chi connectivity index (χ2v) is 5.09.